The number of allylic oxidation sites excluding steroid dienone is 2. The summed E-state index contributed by atoms with van der Waals surface area (Å²) in [5, 5.41) is 13.4. The molecular formula is C22H25F2N3O2. The van der Waals surface area contributed by atoms with Crippen molar-refractivity contribution < 1.29 is 18.3 Å². The van der Waals surface area contributed by atoms with Crippen molar-refractivity contribution in [3.8, 4) is 0 Å². The molecule has 29 heavy (non-hydrogen) atoms. The zero-order chi connectivity index (χ0) is 21.6. The van der Waals surface area contributed by atoms with Gasteiger partial charge in [0.1, 0.15) is 17.2 Å². The molecule has 2 aromatic carbocycles. The molecule has 3 N–H and O–H groups in total. The van der Waals surface area contributed by atoms with Crippen LogP contribution in [0.15, 0.2) is 48.2 Å². The van der Waals surface area contributed by atoms with Crippen LogP contribution >= 0.6 is 0 Å². The van der Waals surface area contributed by atoms with Gasteiger partial charge < -0.3 is 20.8 Å². The van der Waals surface area contributed by atoms with Crippen LogP contribution in [0, 0.1) is 17.0 Å². The fourth-order valence-electron chi connectivity index (χ4n) is 2.62. The van der Waals surface area contributed by atoms with Crippen molar-refractivity contribution in [3.63, 3.8) is 0 Å². The number of benzene rings is 2. The molecule has 0 aliphatic carbocycles. The van der Waals surface area contributed by atoms with Gasteiger partial charge >= 0.3 is 6.09 Å². The highest BCUT2D eigenvalue weighted by atomic mass is 19.1. The minimum Gasteiger partial charge on any atom is -0.444 e. The Hall–Kier alpha value is -3.22. The summed E-state index contributed by atoms with van der Waals surface area (Å²) in [5.41, 5.74) is 2.09. The van der Waals surface area contributed by atoms with Crippen LogP contribution in [0.2, 0.25) is 0 Å². The van der Waals surface area contributed by atoms with Crippen LogP contribution in [0.25, 0.3) is 5.57 Å². The van der Waals surface area contributed by atoms with Crippen LogP contribution in [0.1, 0.15) is 38.8 Å². The van der Waals surface area contributed by atoms with Crippen molar-refractivity contribution in [3.05, 3.63) is 70.9 Å². The third-order valence-corrected chi connectivity index (χ3v) is 3.83. The SMILES string of the molecule is C/C(Nc1ccc(F)cc1)=C(/C=N)c1cc(F)cc(CNC(=O)OC(C)(C)C)c1. The van der Waals surface area contributed by atoms with E-state index in [0.717, 1.165) is 6.21 Å². The number of halogens is 2. The zero-order valence-electron chi connectivity index (χ0n) is 16.9. The summed E-state index contributed by atoms with van der Waals surface area (Å²) in [6.07, 6.45) is 0.520. The second-order valence-corrected chi connectivity index (χ2v) is 7.52. The van der Waals surface area contributed by atoms with Crippen LogP contribution < -0.4 is 10.6 Å². The first-order valence-corrected chi connectivity index (χ1v) is 9.08. The zero-order valence-corrected chi connectivity index (χ0v) is 16.9. The van der Waals surface area contributed by atoms with Gasteiger partial charge in [-0.25, -0.2) is 13.6 Å². The lowest BCUT2D eigenvalue weighted by Crippen LogP contribution is -2.32. The molecule has 2 rings (SSSR count). The van der Waals surface area contributed by atoms with E-state index in [1.165, 1.54) is 24.3 Å². The van der Waals surface area contributed by atoms with Crippen molar-refractivity contribution in [2.24, 2.45) is 0 Å². The number of hydrogen-bond donors (Lipinski definition) is 3. The first kappa shape index (κ1) is 22.1. The van der Waals surface area contributed by atoms with Gasteiger partial charge in [-0.1, -0.05) is 0 Å². The molecule has 0 atom stereocenters. The van der Waals surface area contributed by atoms with Gasteiger partial charge in [-0.2, -0.15) is 0 Å². The average Bonchev–Trinajstić information content (AvgIpc) is 2.61. The van der Waals surface area contributed by atoms with Crippen molar-refractivity contribution in [2.45, 2.75) is 39.8 Å². The van der Waals surface area contributed by atoms with Crippen LogP contribution in [-0.2, 0) is 11.3 Å². The molecule has 1 amide bonds. The number of amides is 1. The molecule has 2 aromatic rings. The van der Waals surface area contributed by atoms with E-state index < -0.39 is 17.5 Å². The summed E-state index contributed by atoms with van der Waals surface area (Å²) >= 11 is 0. The first-order valence-electron chi connectivity index (χ1n) is 9.08. The molecule has 0 saturated heterocycles. The molecule has 154 valence electrons. The summed E-state index contributed by atoms with van der Waals surface area (Å²) in [5.74, 6) is -0.839. The third kappa shape index (κ3) is 7.03. The molecule has 0 heterocycles. The van der Waals surface area contributed by atoms with Gasteiger partial charge in [0.15, 0.2) is 0 Å². The summed E-state index contributed by atoms with van der Waals surface area (Å²) in [6, 6.07) is 10.1. The highest BCUT2D eigenvalue weighted by Gasteiger charge is 2.16. The second-order valence-electron chi connectivity index (χ2n) is 7.52. The Kier molecular flexibility index (Phi) is 7.09. The largest absolute Gasteiger partial charge is 0.444 e. The van der Waals surface area contributed by atoms with Crippen LogP contribution in [0.4, 0.5) is 19.3 Å². The molecule has 0 saturated carbocycles. The Morgan fingerprint density at radius 2 is 1.76 bits per heavy atom. The Morgan fingerprint density at radius 1 is 1.10 bits per heavy atom. The lowest BCUT2D eigenvalue weighted by atomic mass is 10.0. The third-order valence-electron chi connectivity index (χ3n) is 3.83. The fourth-order valence-corrected chi connectivity index (χ4v) is 2.62. The van der Waals surface area contributed by atoms with Gasteiger partial charge in [-0.3, -0.25) is 0 Å². The number of carbonyl (C=O) groups is 1. The summed E-state index contributed by atoms with van der Waals surface area (Å²) < 4.78 is 32.4. The molecule has 0 bridgehead atoms. The predicted octanol–water partition coefficient (Wildman–Crippen LogP) is 5.48. The standard InChI is InChI=1S/C22H25F2N3O2/c1-14(27-19-7-5-17(23)6-8-19)20(12-25)16-9-15(10-18(24)11-16)13-26-21(28)29-22(2,3)4/h5-12,25,27H,13H2,1-4H3,(H,26,28)/b20-14+,25-12?. The summed E-state index contributed by atoms with van der Waals surface area (Å²) in [7, 11) is 0. The maximum absolute atomic E-state index is 14.2. The Balaban J connectivity index is 2.21. The lowest BCUT2D eigenvalue weighted by molar-refractivity contribution is 0.0523. The van der Waals surface area contributed by atoms with E-state index in [4.69, 9.17) is 10.1 Å². The van der Waals surface area contributed by atoms with Crippen LogP contribution in [0.5, 0.6) is 0 Å². The maximum atomic E-state index is 14.2. The molecule has 0 fully saturated rings. The first-order chi connectivity index (χ1) is 13.6. The van der Waals surface area contributed by atoms with E-state index in [2.05, 4.69) is 10.6 Å². The van der Waals surface area contributed by atoms with Gasteiger partial charge in [0.25, 0.3) is 0 Å². The van der Waals surface area contributed by atoms with E-state index in [1.54, 1.807) is 45.9 Å². The molecular weight excluding hydrogens is 376 g/mol. The summed E-state index contributed by atoms with van der Waals surface area (Å²) in [6.45, 7) is 7.09. The monoisotopic (exact) mass is 401 g/mol. The number of ether oxygens (including phenoxy) is 1. The fraction of sp³-hybridized carbons (Fsp3) is 0.273. The number of rotatable bonds is 6. The number of carbonyl (C=O) groups excluding carboxylic acids is 1. The molecule has 5 nitrogen and oxygen atoms in total. The van der Waals surface area contributed by atoms with Gasteiger partial charge in [0, 0.05) is 29.7 Å². The van der Waals surface area contributed by atoms with Gasteiger partial charge in [-0.05, 0) is 81.3 Å². The quantitative estimate of drug-likeness (QED) is 0.561. The van der Waals surface area contributed by atoms with Gasteiger partial charge in [0.2, 0.25) is 0 Å². The highest BCUT2D eigenvalue weighted by molar-refractivity contribution is 6.10. The molecule has 0 spiro atoms. The van der Waals surface area contributed by atoms with E-state index in [9.17, 15) is 13.6 Å². The number of hydrogen-bond acceptors (Lipinski definition) is 4. The highest BCUT2D eigenvalue weighted by Crippen LogP contribution is 2.22. The number of nitrogens with one attached hydrogen (secondary N) is 3. The lowest BCUT2D eigenvalue weighted by Gasteiger charge is -2.19. The van der Waals surface area contributed by atoms with Crippen LogP contribution in [0.3, 0.4) is 0 Å². The number of anilines is 1. The van der Waals surface area contributed by atoms with Crippen molar-refractivity contribution in [2.75, 3.05) is 5.32 Å². The smallest absolute Gasteiger partial charge is 0.407 e. The van der Waals surface area contributed by atoms with Crippen molar-refractivity contribution in [1.82, 2.24) is 5.32 Å². The average molecular weight is 401 g/mol. The van der Waals surface area contributed by atoms with Crippen LogP contribution in [-0.4, -0.2) is 17.9 Å². The molecule has 0 aromatic heterocycles. The van der Waals surface area contributed by atoms with E-state index in [0.29, 0.717) is 28.1 Å². The predicted molar refractivity (Wildman–Crippen MR) is 111 cm³/mol. The van der Waals surface area contributed by atoms with Gasteiger partial charge in [0.05, 0.1) is 0 Å². The van der Waals surface area contributed by atoms with E-state index >= 15 is 0 Å². The topological polar surface area (TPSA) is 74.2 Å². The maximum Gasteiger partial charge on any atom is 0.407 e. The second kappa shape index (κ2) is 9.32. The molecule has 0 unspecified atom stereocenters. The minimum absolute atomic E-state index is 0.0788. The molecule has 7 heteroatoms. The number of alkyl carbamates (subject to hydrolysis) is 1. The normalized spacial score (nSPS) is 12.1. The summed E-state index contributed by atoms with van der Waals surface area (Å²) in [4.78, 5) is 11.8. The molecule has 0 aliphatic heterocycles. The molecule has 0 radical (unpaired) electrons. The molecule has 0 aliphatic rings. The Labute approximate surface area is 169 Å². The van der Waals surface area contributed by atoms with Crippen molar-refractivity contribution >= 4 is 23.6 Å². The van der Waals surface area contributed by atoms with E-state index in [1.807, 2.05) is 0 Å². The minimum atomic E-state index is -0.629. The van der Waals surface area contributed by atoms with Crippen molar-refractivity contribution in [1.29, 1.82) is 5.41 Å². The van der Waals surface area contributed by atoms with Gasteiger partial charge in [-0.15, -0.1) is 0 Å². The van der Waals surface area contributed by atoms with E-state index in [-0.39, 0.29) is 12.4 Å². The Morgan fingerprint density at radius 3 is 2.34 bits per heavy atom. The Bertz CT molecular complexity index is 917.